The van der Waals surface area contributed by atoms with Crippen molar-refractivity contribution in [1.29, 1.82) is 0 Å². The Bertz CT molecular complexity index is 1450. The van der Waals surface area contributed by atoms with E-state index in [0.29, 0.717) is 32.4 Å². The molecule has 0 aliphatic heterocycles. The van der Waals surface area contributed by atoms with Crippen molar-refractivity contribution in [2.75, 3.05) is 14.2 Å². The topological polar surface area (TPSA) is 18.5 Å². The summed E-state index contributed by atoms with van der Waals surface area (Å²) in [6.07, 6.45) is 0. The van der Waals surface area contributed by atoms with Gasteiger partial charge in [0.15, 0.2) is 0 Å². The Kier molecular flexibility index (Phi) is 6.62. The molecular weight excluding hydrogens is 558 g/mol. The normalized spacial score (nSPS) is 17.5. The van der Waals surface area contributed by atoms with Gasteiger partial charge in [-0.25, -0.2) is 0 Å². The van der Waals surface area contributed by atoms with E-state index < -0.39 is 28.9 Å². The van der Waals surface area contributed by atoms with E-state index in [-0.39, 0.29) is 20.9 Å². The molecule has 0 amide bonds. The predicted octanol–water partition coefficient (Wildman–Crippen LogP) is 9.61. The average Bonchev–Trinajstić information content (AvgIpc) is 3.51. The quantitative estimate of drug-likeness (QED) is 0.212. The smallest absolute Gasteiger partial charge is 0.380 e. The fourth-order valence-corrected chi connectivity index (χ4v) is 6.75. The molecule has 5 rings (SSSR count). The third kappa shape index (κ3) is 4.15. The second kappa shape index (κ2) is 9.45. The first-order valence-electron chi connectivity index (χ1n) is 11.7. The minimum absolute atomic E-state index is 0.227. The highest BCUT2D eigenvalue weighted by atomic mass is 32.1. The molecule has 2 heterocycles. The molecule has 4 aromatic rings. The summed E-state index contributed by atoms with van der Waals surface area (Å²) in [5.74, 6) is -14.7. The van der Waals surface area contributed by atoms with Gasteiger partial charge in [0.25, 0.3) is 0 Å². The maximum atomic E-state index is 15.4. The summed E-state index contributed by atoms with van der Waals surface area (Å²) in [4.78, 5) is 1.41. The largest absolute Gasteiger partial charge is 0.497 e. The van der Waals surface area contributed by atoms with Crippen molar-refractivity contribution in [2.45, 2.75) is 31.6 Å². The monoisotopic (exact) mass is 580 g/mol. The lowest BCUT2D eigenvalue weighted by atomic mass is 9.94. The molecule has 2 aromatic heterocycles. The molecule has 0 radical (unpaired) electrons. The summed E-state index contributed by atoms with van der Waals surface area (Å²) in [7, 11) is 2.98. The van der Waals surface area contributed by atoms with E-state index in [1.165, 1.54) is 40.2 Å². The van der Waals surface area contributed by atoms with Gasteiger partial charge < -0.3 is 9.47 Å². The van der Waals surface area contributed by atoms with Crippen LogP contribution in [0.3, 0.4) is 0 Å². The van der Waals surface area contributed by atoms with Crippen molar-refractivity contribution in [3.8, 4) is 32.4 Å². The van der Waals surface area contributed by atoms with Crippen LogP contribution in [0, 0.1) is 13.8 Å². The number of rotatable bonds is 6. The molecule has 0 saturated carbocycles. The van der Waals surface area contributed by atoms with Crippen LogP contribution in [0.1, 0.15) is 20.9 Å². The fraction of sp³-hybridized carbons (Fsp3) is 0.241. The first-order valence-corrected chi connectivity index (χ1v) is 13.4. The van der Waals surface area contributed by atoms with Crippen LogP contribution in [0.4, 0.5) is 26.3 Å². The van der Waals surface area contributed by atoms with E-state index >= 15 is 17.6 Å². The summed E-state index contributed by atoms with van der Waals surface area (Å²) < 4.78 is 102. The maximum Gasteiger partial charge on any atom is 0.380 e. The number of hydrogen-bond donors (Lipinski definition) is 0. The summed E-state index contributed by atoms with van der Waals surface area (Å²) in [6, 6.07) is 16.0. The molecule has 2 nitrogen and oxygen atoms in total. The number of hydrogen-bond acceptors (Lipinski definition) is 4. The van der Waals surface area contributed by atoms with Gasteiger partial charge >= 0.3 is 17.8 Å². The van der Waals surface area contributed by atoms with Crippen LogP contribution < -0.4 is 9.47 Å². The molecule has 10 heteroatoms. The SMILES string of the molecule is COc1ccc(-c2cc(C3=C(c4cc(-c5ccc(OC)cc5)sc4C)C(F)(F)C(F)(F)C3(F)F)c(C)s2)cc1. The number of thiophene rings is 2. The van der Waals surface area contributed by atoms with Crippen molar-refractivity contribution in [3.63, 3.8) is 0 Å². The van der Waals surface area contributed by atoms with Gasteiger partial charge in [-0.1, -0.05) is 0 Å². The van der Waals surface area contributed by atoms with Crippen LogP contribution in [-0.2, 0) is 0 Å². The van der Waals surface area contributed by atoms with Crippen LogP contribution in [0.15, 0.2) is 60.7 Å². The molecule has 1 aliphatic carbocycles. The first-order chi connectivity index (χ1) is 18.3. The number of ether oxygens (including phenoxy) is 2. The summed E-state index contributed by atoms with van der Waals surface area (Å²) in [6.45, 7) is 2.93. The summed E-state index contributed by atoms with van der Waals surface area (Å²) in [5.41, 5.74) is -2.09. The van der Waals surface area contributed by atoms with Gasteiger partial charge in [0, 0.05) is 30.7 Å². The average molecular weight is 581 g/mol. The van der Waals surface area contributed by atoms with Gasteiger partial charge in [-0.15, -0.1) is 22.7 Å². The van der Waals surface area contributed by atoms with Crippen molar-refractivity contribution < 1.29 is 35.8 Å². The molecular formula is C29H22F6O2S2. The molecule has 0 saturated heterocycles. The maximum absolute atomic E-state index is 15.4. The predicted molar refractivity (Wildman–Crippen MR) is 144 cm³/mol. The van der Waals surface area contributed by atoms with Crippen molar-refractivity contribution >= 4 is 33.8 Å². The zero-order valence-corrected chi connectivity index (χ0v) is 22.8. The second-order valence-corrected chi connectivity index (χ2v) is 11.6. The Morgan fingerprint density at radius 3 is 1.21 bits per heavy atom. The Hall–Kier alpha value is -3.24. The number of aryl methyl sites for hydroxylation is 2. The van der Waals surface area contributed by atoms with Gasteiger partial charge in [-0.2, -0.15) is 26.3 Å². The van der Waals surface area contributed by atoms with E-state index in [0.717, 1.165) is 22.7 Å². The third-order valence-corrected chi connectivity index (χ3v) is 8.99. The molecule has 1 aliphatic rings. The molecule has 204 valence electrons. The highest BCUT2D eigenvalue weighted by Crippen LogP contribution is 2.66. The first kappa shape index (κ1) is 27.3. The summed E-state index contributed by atoms with van der Waals surface area (Å²) in [5, 5.41) is 0. The second-order valence-electron chi connectivity index (χ2n) is 9.09. The Morgan fingerprint density at radius 1 is 0.564 bits per heavy atom. The van der Waals surface area contributed by atoms with Gasteiger partial charge in [-0.05, 0) is 96.8 Å². The van der Waals surface area contributed by atoms with Crippen LogP contribution >= 0.6 is 22.7 Å². The standard InChI is InChI=1S/C29H22F6O2S2/c1-15-21(13-23(38-15)17-5-9-19(36-3)10-6-17)25-26(28(32,33)29(34,35)27(25,30)31)22-14-24(39-16(22)2)18-7-11-20(37-4)12-8-18/h5-14H,1-4H3. The van der Waals surface area contributed by atoms with Crippen LogP contribution in [0.2, 0.25) is 0 Å². The zero-order chi connectivity index (χ0) is 28.3. The van der Waals surface area contributed by atoms with Crippen LogP contribution in [-0.4, -0.2) is 32.0 Å². The Morgan fingerprint density at radius 2 is 0.897 bits per heavy atom. The molecule has 0 fully saturated rings. The van der Waals surface area contributed by atoms with E-state index in [1.807, 2.05) is 0 Å². The number of allylic oxidation sites excluding steroid dienone is 2. The van der Waals surface area contributed by atoms with Crippen molar-refractivity contribution in [3.05, 3.63) is 81.5 Å². The molecule has 0 atom stereocenters. The molecule has 0 spiro atoms. The van der Waals surface area contributed by atoms with Crippen molar-refractivity contribution in [1.82, 2.24) is 0 Å². The minimum atomic E-state index is -5.62. The number of alkyl halides is 6. The molecule has 0 unspecified atom stereocenters. The van der Waals surface area contributed by atoms with Crippen molar-refractivity contribution in [2.24, 2.45) is 0 Å². The van der Waals surface area contributed by atoms with E-state index in [1.54, 1.807) is 48.5 Å². The summed E-state index contributed by atoms with van der Waals surface area (Å²) >= 11 is 2.14. The number of benzene rings is 2. The third-order valence-electron chi connectivity index (χ3n) is 6.79. The Labute approximate surface area is 229 Å². The van der Waals surface area contributed by atoms with Gasteiger partial charge in [0.05, 0.1) is 14.2 Å². The van der Waals surface area contributed by atoms with Crippen LogP contribution in [0.25, 0.3) is 32.0 Å². The van der Waals surface area contributed by atoms with Gasteiger partial charge in [-0.3, -0.25) is 0 Å². The zero-order valence-electron chi connectivity index (χ0n) is 21.2. The van der Waals surface area contributed by atoms with Gasteiger partial charge in [0.2, 0.25) is 0 Å². The molecule has 0 bridgehead atoms. The number of halogens is 6. The highest BCUT2D eigenvalue weighted by molar-refractivity contribution is 7.16. The number of methoxy groups -OCH3 is 2. The minimum Gasteiger partial charge on any atom is -0.497 e. The Balaban J connectivity index is 1.72. The van der Waals surface area contributed by atoms with Gasteiger partial charge in [0.1, 0.15) is 11.5 Å². The van der Waals surface area contributed by atoms with E-state index in [2.05, 4.69) is 0 Å². The molecule has 0 N–H and O–H groups in total. The molecule has 39 heavy (non-hydrogen) atoms. The molecule has 2 aromatic carbocycles. The van der Waals surface area contributed by atoms with E-state index in [4.69, 9.17) is 9.47 Å². The lowest BCUT2D eigenvalue weighted by molar-refractivity contribution is -0.254. The van der Waals surface area contributed by atoms with Crippen LogP contribution in [0.5, 0.6) is 11.5 Å². The van der Waals surface area contributed by atoms with E-state index in [9.17, 15) is 8.78 Å². The lowest BCUT2D eigenvalue weighted by Crippen LogP contribution is -2.48. The highest BCUT2D eigenvalue weighted by Gasteiger charge is 2.80. The lowest BCUT2D eigenvalue weighted by Gasteiger charge is -2.25. The fourth-order valence-electron chi connectivity index (χ4n) is 4.69.